The van der Waals surface area contributed by atoms with Gasteiger partial charge in [-0.1, -0.05) is 6.92 Å². The highest BCUT2D eigenvalue weighted by Crippen LogP contribution is 2.30. The summed E-state index contributed by atoms with van der Waals surface area (Å²) in [5, 5.41) is 18.6. The van der Waals surface area contributed by atoms with Crippen LogP contribution >= 0.6 is 0 Å². The van der Waals surface area contributed by atoms with Crippen LogP contribution in [-0.2, 0) is 10.0 Å². The SMILES string of the molecule is CCCOc1cc(NCCS(N)(=O)=O)ccc1[N+](=O)[O-]. The Hall–Kier alpha value is -1.87. The Morgan fingerprint density at radius 3 is 2.70 bits per heavy atom. The number of benzene rings is 1. The molecule has 0 fully saturated rings. The van der Waals surface area contributed by atoms with Crippen LogP contribution in [-0.4, -0.2) is 32.2 Å². The second kappa shape index (κ2) is 7.06. The minimum absolute atomic E-state index is 0.115. The highest BCUT2D eigenvalue weighted by atomic mass is 32.2. The molecular formula is C11H17N3O5S. The van der Waals surface area contributed by atoms with Crippen molar-refractivity contribution in [2.45, 2.75) is 13.3 Å². The second-order valence-corrected chi connectivity index (χ2v) is 5.82. The van der Waals surface area contributed by atoms with Crippen molar-refractivity contribution >= 4 is 21.4 Å². The number of sulfonamides is 1. The van der Waals surface area contributed by atoms with E-state index in [4.69, 9.17) is 9.88 Å². The predicted molar refractivity (Wildman–Crippen MR) is 75.3 cm³/mol. The molecule has 0 atom stereocenters. The lowest BCUT2D eigenvalue weighted by molar-refractivity contribution is -0.385. The van der Waals surface area contributed by atoms with Crippen LogP contribution in [0.2, 0.25) is 0 Å². The fraction of sp³-hybridized carbons (Fsp3) is 0.455. The Morgan fingerprint density at radius 2 is 2.15 bits per heavy atom. The molecule has 0 amide bonds. The molecule has 20 heavy (non-hydrogen) atoms. The summed E-state index contributed by atoms with van der Waals surface area (Å²) in [7, 11) is -3.54. The number of hydrogen-bond acceptors (Lipinski definition) is 6. The van der Waals surface area contributed by atoms with E-state index in [2.05, 4.69) is 5.32 Å². The van der Waals surface area contributed by atoms with E-state index in [1.54, 1.807) is 0 Å². The summed E-state index contributed by atoms with van der Waals surface area (Å²) < 4.78 is 26.9. The van der Waals surface area contributed by atoms with E-state index in [1.165, 1.54) is 18.2 Å². The largest absolute Gasteiger partial charge is 0.487 e. The smallest absolute Gasteiger partial charge is 0.311 e. The minimum atomic E-state index is -3.54. The molecule has 0 aliphatic heterocycles. The van der Waals surface area contributed by atoms with Crippen LogP contribution in [0.5, 0.6) is 5.75 Å². The van der Waals surface area contributed by atoms with Crippen LogP contribution in [0.3, 0.4) is 0 Å². The van der Waals surface area contributed by atoms with Gasteiger partial charge in [0.25, 0.3) is 0 Å². The Labute approximate surface area is 117 Å². The fourth-order valence-electron chi connectivity index (χ4n) is 1.44. The third kappa shape index (κ3) is 5.41. The van der Waals surface area contributed by atoms with Gasteiger partial charge < -0.3 is 10.1 Å². The van der Waals surface area contributed by atoms with Gasteiger partial charge in [-0.15, -0.1) is 0 Å². The molecule has 0 unspecified atom stereocenters. The number of nitro benzene ring substituents is 1. The molecule has 3 N–H and O–H groups in total. The molecule has 0 saturated heterocycles. The molecule has 8 nitrogen and oxygen atoms in total. The van der Waals surface area contributed by atoms with Crippen LogP contribution in [0.25, 0.3) is 0 Å². The number of nitrogens with one attached hydrogen (secondary N) is 1. The topological polar surface area (TPSA) is 125 Å². The lowest BCUT2D eigenvalue weighted by Gasteiger charge is -2.09. The molecular weight excluding hydrogens is 286 g/mol. The van der Waals surface area contributed by atoms with Gasteiger partial charge in [-0.2, -0.15) is 0 Å². The molecule has 0 aliphatic carbocycles. The average molecular weight is 303 g/mol. The first kappa shape index (κ1) is 16.2. The molecule has 0 radical (unpaired) electrons. The van der Waals surface area contributed by atoms with Crippen molar-refractivity contribution < 1.29 is 18.1 Å². The van der Waals surface area contributed by atoms with Crippen molar-refractivity contribution in [3.05, 3.63) is 28.3 Å². The summed E-state index contributed by atoms with van der Waals surface area (Å²) in [6, 6.07) is 4.27. The monoisotopic (exact) mass is 303 g/mol. The Morgan fingerprint density at radius 1 is 1.45 bits per heavy atom. The van der Waals surface area contributed by atoms with E-state index in [-0.39, 0.29) is 23.7 Å². The molecule has 0 aromatic heterocycles. The lowest BCUT2D eigenvalue weighted by atomic mass is 10.2. The third-order valence-electron chi connectivity index (χ3n) is 2.33. The molecule has 0 heterocycles. The van der Waals surface area contributed by atoms with E-state index in [9.17, 15) is 18.5 Å². The van der Waals surface area contributed by atoms with Crippen LogP contribution in [0.15, 0.2) is 18.2 Å². The number of hydrogen-bond donors (Lipinski definition) is 2. The number of anilines is 1. The molecule has 9 heteroatoms. The summed E-state index contributed by atoms with van der Waals surface area (Å²) in [5.41, 5.74) is 0.404. The first-order valence-corrected chi connectivity index (χ1v) is 7.70. The van der Waals surface area contributed by atoms with Gasteiger partial charge in [0.1, 0.15) is 0 Å². The molecule has 0 aliphatic rings. The lowest BCUT2D eigenvalue weighted by Crippen LogP contribution is -2.22. The molecule has 1 rings (SSSR count). The number of nitrogens with zero attached hydrogens (tertiary/aromatic N) is 1. The number of ether oxygens (including phenoxy) is 1. The number of nitro groups is 1. The van der Waals surface area contributed by atoms with Gasteiger partial charge in [0.15, 0.2) is 5.75 Å². The van der Waals surface area contributed by atoms with Gasteiger partial charge in [0.2, 0.25) is 10.0 Å². The van der Waals surface area contributed by atoms with Crippen molar-refractivity contribution in [1.29, 1.82) is 0 Å². The molecule has 1 aromatic carbocycles. The van der Waals surface area contributed by atoms with Crippen molar-refractivity contribution in [1.82, 2.24) is 0 Å². The summed E-state index contributed by atoms with van der Waals surface area (Å²) >= 11 is 0. The van der Waals surface area contributed by atoms with Gasteiger partial charge in [-0.25, -0.2) is 13.6 Å². The highest BCUT2D eigenvalue weighted by Gasteiger charge is 2.15. The van der Waals surface area contributed by atoms with Crippen molar-refractivity contribution in [2.24, 2.45) is 5.14 Å². The number of nitrogens with two attached hydrogens (primary N) is 1. The summed E-state index contributed by atoms with van der Waals surface area (Å²) in [6.45, 7) is 2.37. The van der Waals surface area contributed by atoms with E-state index in [0.29, 0.717) is 12.3 Å². The first-order valence-electron chi connectivity index (χ1n) is 5.99. The van der Waals surface area contributed by atoms with Gasteiger partial charge in [0.05, 0.1) is 17.3 Å². The molecule has 0 bridgehead atoms. The zero-order valence-electron chi connectivity index (χ0n) is 11.0. The average Bonchev–Trinajstić information content (AvgIpc) is 2.34. The molecule has 0 spiro atoms. The van der Waals surface area contributed by atoms with Gasteiger partial charge in [-0.05, 0) is 12.5 Å². The molecule has 112 valence electrons. The van der Waals surface area contributed by atoms with Crippen LogP contribution in [0, 0.1) is 10.1 Å². The molecule has 0 saturated carbocycles. The van der Waals surface area contributed by atoms with E-state index < -0.39 is 14.9 Å². The predicted octanol–water partition coefficient (Wildman–Crippen LogP) is 1.08. The maximum atomic E-state index is 10.9. The summed E-state index contributed by atoms with van der Waals surface area (Å²) in [5.74, 6) is -0.0766. The van der Waals surface area contributed by atoms with Crippen LogP contribution in [0.1, 0.15) is 13.3 Å². The second-order valence-electron chi connectivity index (χ2n) is 4.08. The third-order valence-corrected chi connectivity index (χ3v) is 3.11. The van der Waals surface area contributed by atoms with Crippen molar-refractivity contribution in [3.63, 3.8) is 0 Å². The quantitative estimate of drug-likeness (QED) is 0.547. The Balaban J connectivity index is 2.80. The number of rotatable bonds is 8. The highest BCUT2D eigenvalue weighted by molar-refractivity contribution is 7.89. The van der Waals surface area contributed by atoms with Crippen molar-refractivity contribution in [2.75, 3.05) is 24.2 Å². The van der Waals surface area contributed by atoms with E-state index in [0.717, 1.165) is 6.42 Å². The van der Waals surface area contributed by atoms with Crippen LogP contribution < -0.4 is 15.2 Å². The van der Waals surface area contributed by atoms with Gasteiger partial charge >= 0.3 is 5.69 Å². The standard InChI is InChI=1S/C11H17N3O5S/c1-2-6-19-11-8-9(3-4-10(11)14(15)16)13-5-7-20(12,17)18/h3-4,8,13H,2,5-7H2,1H3,(H2,12,17,18). The zero-order chi connectivity index (χ0) is 15.2. The fourth-order valence-corrected chi connectivity index (χ4v) is 1.83. The molecule has 1 aromatic rings. The van der Waals surface area contributed by atoms with E-state index >= 15 is 0 Å². The Bertz CT molecular complexity index is 573. The van der Waals surface area contributed by atoms with Crippen molar-refractivity contribution in [3.8, 4) is 5.75 Å². The Kier molecular flexibility index (Phi) is 5.71. The first-order chi connectivity index (χ1) is 9.33. The van der Waals surface area contributed by atoms with Gasteiger partial charge in [-0.3, -0.25) is 10.1 Å². The number of primary sulfonamides is 1. The van der Waals surface area contributed by atoms with Gasteiger partial charge in [0, 0.05) is 24.4 Å². The maximum Gasteiger partial charge on any atom is 0.311 e. The van der Waals surface area contributed by atoms with E-state index in [1.807, 2.05) is 6.92 Å². The maximum absolute atomic E-state index is 10.9. The zero-order valence-corrected chi connectivity index (χ0v) is 11.9. The summed E-state index contributed by atoms with van der Waals surface area (Å²) in [6.07, 6.45) is 0.722. The summed E-state index contributed by atoms with van der Waals surface area (Å²) in [4.78, 5) is 10.3. The minimum Gasteiger partial charge on any atom is -0.487 e. The van der Waals surface area contributed by atoms with Crippen LogP contribution in [0.4, 0.5) is 11.4 Å². The normalized spacial score (nSPS) is 11.1.